The summed E-state index contributed by atoms with van der Waals surface area (Å²) < 4.78 is 27.1. The minimum Gasteiger partial charge on any atom is -0.326 e. The summed E-state index contributed by atoms with van der Waals surface area (Å²) in [5, 5.41) is 8.29. The van der Waals surface area contributed by atoms with Gasteiger partial charge in [-0.15, -0.1) is 0 Å². The molecule has 0 aromatic heterocycles. The number of guanidine groups is 2. The summed E-state index contributed by atoms with van der Waals surface area (Å²) in [6, 6.07) is 4.95. The van der Waals surface area contributed by atoms with Crippen LogP contribution in [0.15, 0.2) is 33.2 Å². The lowest BCUT2D eigenvalue weighted by Crippen LogP contribution is -2.40. The van der Waals surface area contributed by atoms with Crippen LogP contribution in [-0.4, -0.2) is 68.6 Å². The van der Waals surface area contributed by atoms with Gasteiger partial charge >= 0.3 is 5.92 Å². The highest BCUT2D eigenvalue weighted by Crippen LogP contribution is 2.33. The zero-order chi connectivity index (χ0) is 21.0. The number of fused-ring (bicyclic) bond motifs is 1. The van der Waals surface area contributed by atoms with E-state index >= 15 is 0 Å². The number of rotatable bonds is 2. The zero-order valence-corrected chi connectivity index (χ0v) is 16.5. The van der Waals surface area contributed by atoms with E-state index in [1.165, 1.54) is 0 Å². The maximum absolute atomic E-state index is 13.5. The Morgan fingerprint density at radius 1 is 1.34 bits per heavy atom. The second kappa shape index (κ2) is 8.64. The Balaban J connectivity index is 1.68. The van der Waals surface area contributed by atoms with Crippen LogP contribution in [0.3, 0.4) is 0 Å². The first-order valence-electron chi connectivity index (χ1n) is 9.37. The quantitative estimate of drug-likeness (QED) is 0.518. The van der Waals surface area contributed by atoms with Crippen LogP contribution in [0.4, 0.5) is 20.2 Å². The molecule has 2 heterocycles. The molecule has 1 aromatic rings. The molecule has 3 rings (SSSR count). The summed E-state index contributed by atoms with van der Waals surface area (Å²) in [4.78, 5) is 26.4. The maximum Gasteiger partial charge on any atom is 0.328 e. The molecule has 0 saturated carbocycles. The zero-order valence-electron chi connectivity index (χ0n) is 16.5. The second-order valence-corrected chi connectivity index (χ2v) is 7.17. The van der Waals surface area contributed by atoms with Crippen LogP contribution in [-0.2, 0) is 11.2 Å². The van der Waals surface area contributed by atoms with Gasteiger partial charge in [-0.2, -0.15) is 8.78 Å². The van der Waals surface area contributed by atoms with Crippen LogP contribution in [0.5, 0.6) is 0 Å². The van der Waals surface area contributed by atoms with Crippen molar-refractivity contribution in [2.45, 2.75) is 31.2 Å². The van der Waals surface area contributed by atoms with Gasteiger partial charge in [-0.3, -0.25) is 15.1 Å². The van der Waals surface area contributed by atoms with Crippen LogP contribution in [0.25, 0.3) is 0 Å². The first-order valence-corrected chi connectivity index (χ1v) is 9.37. The molecule has 3 N–H and O–H groups in total. The summed E-state index contributed by atoms with van der Waals surface area (Å²) in [5.74, 6) is -3.96. The van der Waals surface area contributed by atoms with Crippen molar-refractivity contribution < 1.29 is 13.6 Å². The molecule has 156 valence electrons. The molecule has 2 aliphatic heterocycles. The Labute approximate surface area is 168 Å². The third-order valence-electron chi connectivity index (χ3n) is 4.96. The SMILES string of the molecule is C=NC(=NC1CCN(C)CC1)NC(=NC)Nc1ccc2c(c1)NC(=O)C(F)(F)C2. The molecule has 0 atom stereocenters. The van der Waals surface area contributed by atoms with Gasteiger partial charge in [-0.1, -0.05) is 6.07 Å². The number of benzene rings is 1. The Bertz CT molecular complexity index is 845. The second-order valence-electron chi connectivity index (χ2n) is 7.17. The highest BCUT2D eigenvalue weighted by atomic mass is 19.3. The minimum atomic E-state index is -3.39. The van der Waals surface area contributed by atoms with Crippen molar-refractivity contribution in [1.29, 1.82) is 0 Å². The molecule has 0 bridgehead atoms. The average molecular weight is 405 g/mol. The number of carbonyl (C=O) groups excluding carboxylic acids is 1. The van der Waals surface area contributed by atoms with Crippen molar-refractivity contribution in [3.05, 3.63) is 23.8 Å². The van der Waals surface area contributed by atoms with Crippen LogP contribution >= 0.6 is 0 Å². The van der Waals surface area contributed by atoms with E-state index in [0.717, 1.165) is 25.9 Å². The molecule has 0 radical (unpaired) electrons. The molecule has 1 amide bonds. The monoisotopic (exact) mass is 405 g/mol. The lowest BCUT2D eigenvalue weighted by molar-refractivity contribution is -0.140. The number of nitrogens with one attached hydrogen (secondary N) is 3. The van der Waals surface area contributed by atoms with Gasteiger partial charge in [0, 0.05) is 24.8 Å². The van der Waals surface area contributed by atoms with E-state index in [9.17, 15) is 13.6 Å². The lowest BCUT2D eigenvalue weighted by atomic mass is 10.00. The van der Waals surface area contributed by atoms with E-state index in [1.807, 2.05) is 0 Å². The van der Waals surface area contributed by atoms with Crippen molar-refractivity contribution in [2.75, 3.05) is 37.8 Å². The van der Waals surface area contributed by atoms with E-state index in [2.05, 4.69) is 49.6 Å². The van der Waals surface area contributed by atoms with Crippen LogP contribution in [0, 0.1) is 0 Å². The molecule has 2 aliphatic rings. The summed E-state index contributed by atoms with van der Waals surface area (Å²) >= 11 is 0. The number of aliphatic imine (C=N–C) groups is 3. The fourth-order valence-corrected chi connectivity index (χ4v) is 3.25. The first kappa shape index (κ1) is 20.8. The van der Waals surface area contributed by atoms with Gasteiger partial charge in [0.05, 0.1) is 6.04 Å². The molecule has 0 unspecified atom stereocenters. The van der Waals surface area contributed by atoms with Crippen LogP contribution < -0.4 is 16.0 Å². The number of likely N-dealkylation sites (tertiary alicyclic amines) is 1. The van der Waals surface area contributed by atoms with E-state index in [-0.39, 0.29) is 6.04 Å². The third-order valence-corrected chi connectivity index (χ3v) is 4.96. The summed E-state index contributed by atoms with van der Waals surface area (Å²) in [6.45, 7) is 5.52. The number of hydrogen-bond donors (Lipinski definition) is 3. The van der Waals surface area contributed by atoms with Crippen molar-refractivity contribution in [2.24, 2.45) is 15.0 Å². The van der Waals surface area contributed by atoms with Gasteiger partial charge < -0.3 is 15.5 Å². The van der Waals surface area contributed by atoms with E-state index in [4.69, 9.17) is 0 Å². The largest absolute Gasteiger partial charge is 0.328 e. The molecular weight excluding hydrogens is 380 g/mol. The smallest absolute Gasteiger partial charge is 0.326 e. The number of hydrogen-bond acceptors (Lipinski definition) is 4. The Morgan fingerprint density at radius 2 is 2.07 bits per heavy atom. The van der Waals surface area contributed by atoms with Gasteiger partial charge in [0.1, 0.15) is 0 Å². The summed E-state index contributed by atoms with van der Waals surface area (Å²) in [5.41, 5.74) is 1.30. The van der Waals surface area contributed by atoms with Crippen molar-refractivity contribution in [1.82, 2.24) is 10.2 Å². The molecule has 0 aliphatic carbocycles. The predicted octanol–water partition coefficient (Wildman–Crippen LogP) is 1.95. The minimum absolute atomic E-state index is 0.165. The number of amides is 1. The average Bonchev–Trinajstić information content (AvgIpc) is 2.69. The Hall–Kier alpha value is -2.88. The predicted molar refractivity (Wildman–Crippen MR) is 111 cm³/mol. The molecule has 1 aromatic carbocycles. The number of carbonyl (C=O) groups is 1. The highest BCUT2D eigenvalue weighted by Gasteiger charge is 2.43. The highest BCUT2D eigenvalue weighted by molar-refractivity contribution is 6.07. The standard InChI is InChI=1S/C19H25F2N7O/c1-22-17(24-13-6-8-28(3)9-7-13)27-18(23-2)25-14-5-4-12-11-19(20,21)16(29)26-15(12)10-14/h4-5,10,13H,1,6-9,11H2,2-3H3,(H,26,29)(H2,23,24,25,27). The maximum atomic E-state index is 13.5. The van der Waals surface area contributed by atoms with Crippen molar-refractivity contribution in [3.63, 3.8) is 0 Å². The molecule has 1 saturated heterocycles. The number of halogens is 2. The van der Waals surface area contributed by atoms with Gasteiger partial charge in [0.15, 0.2) is 0 Å². The van der Waals surface area contributed by atoms with Gasteiger partial charge in [-0.05, 0) is 57.4 Å². The van der Waals surface area contributed by atoms with Crippen molar-refractivity contribution >= 4 is 35.9 Å². The number of anilines is 2. The van der Waals surface area contributed by atoms with Gasteiger partial charge in [0.2, 0.25) is 11.9 Å². The lowest BCUT2D eigenvalue weighted by Gasteiger charge is -2.26. The van der Waals surface area contributed by atoms with Gasteiger partial charge in [0.25, 0.3) is 5.91 Å². The molecule has 8 nitrogen and oxygen atoms in total. The fourth-order valence-electron chi connectivity index (χ4n) is 3.25. The first-order chi connectivity index (χ1) is 13.8. The van der Waals surface area contributed by atoms with Gasteiger partial charge in [-0.25, -0.2) is 9.98 Å². The van der Waals surface area contributed by atoms with E-state index < -0.39 is 18.3 Å². The summed E-state index contributed by atoms with van der Waals surface area (Å²) in [6.07, 6.45) is 1.27. The van der Waals surface area contributed by atoms with E-state index in [1.54, 1.807) is 25.2 Å². The molecular formula is C19H25F2N7O. The molecule has 0 spiro atoms. The number of nitrogens with zero attached hydrogens (tertiary/aromatic N) is 4. The Morgan fingerprint density at radius 3 is 2.72 bits per heavy atom. The summed E-state index contributed by atoms with van der Waals surface area (Å²) in [7, 11) is 3.67. The topological polar surface area (TPSA) is 93.5 Å². The Kier molecular flexibility index (Phi) is 6.21. The fraction of sp³-hybridized carbons (Fsp3) is 0.474. The van der Waals surface area contributed by atoms with E-state index in [0.29, 0.717) is 28.9 Å². The molecule has 1 fully saturated rings. The number of alkyl halides is 2. The van der Waals surface area contributed by atoms with Crippen LogP contribution in [0.1, 0.15) is 18.4 Å². The normalized spacial score (nSPS) is 20.6. The molecule has 29 heavy (non-hydrogen) atoms. The third kappa shape index (κ3) is 5.14. The molecule has 10 heteroatoms. The van der Waals surface area contributed by atoms with Crippen molar-refractivity contribution in [3.8, 4) is 0 Å². The van der Waals surface area contributed by atoms with Crippen LogP contribution in [0.2, 0.25) is 0 Å². The number of piperidine rings is 1.